The summed E-state index contributed by atoms with van der Waals surface area (Å²) in [5.41, 5.74) is 3.48. The molecule has 3 aromatic rings. The molecule has 0 atom stereocenters. The van der Waals surface area contributed by atoms with E-state index in [1.54, 1.807) is 41.9 Å². The molecule has 0 aliphatic rings. The van der Waals surface area contributed by atoms with Crippen LogP contribution in [-0.2, 0) is 0 Å². The summed E-state index contributed by atoms with van der Waals surface area (Å²) in [4.78, 5) is 24.2. The highest BCUT2D eigenvalue weighted by atomic mass is 32.2. The van der Waals surface area contributed by atoms with Gasteiger partial charge in [-0.3, -0.25) is 9.59 Å². The lowest BCUT2D eigenvalue weighted by Gasteiger charge is -2.06. The molecule has 0 saturated carbocycles. The van der Waals surface area contributed by atoms with Gasteiger partial charge < -0.3 is 5.32 Å². The van der Waals surface area contributed by atoms with Gasteiger partial charge in [0.1, 0.15) is 5.51 Å². The van der Waals surface area contributed by atoms with Gasteiger partial charge in [-0.1, -0.05) is 41.3 Å². The van der Waals surface area contributed by atoms with Crippen LogP contribution in [0.1, 0.15) is 20.7 Å². The highest BCUT2D eigenvalue weighted by Gasteiger charge is 2.09. The number of hydrogen-bond acceptors (Lipinski definition) is 6. The molecular weight excluding hydrogens is 342 g/mol. The molecular formula is C17H13N3O2S2. The Bertz CT molecular complexity index is 819. The Kier molecular flexibility index (Phi) is 5.35. The second kappa shape index (κ2) is 7.85. The standard InChI is InChI=1S/C17H13N3O2S2/c21-15(10-23-17-20-18-11-24-17)12-6-8-14(9-7-12)19-16(22)13-4-2-1-3-5-13/h1-9,11H,10H2,(H,19,22). The van der Waals surface area contributed by atoms with Crippen molar-refractivity contribution in [2.75, 3.05) is 11.1 Å². The Balaban J connectivity index is 1.58. The summed E-state index contributed by atoms with van der Waals surface area (Å²) in [6.07, 6.45) is 0. The number of thioether (sulfide) groups is 1. The van der Waals surface area contributed by atoms with Crippen LogP contribution in [-0.4, -0.2) is 27.6 Å². The molecule has 5 nitrogen and oxygen atoms in total. The third kappa shape index (κ3) is 4.27. The van der Waals surface area contributed by atoms with Gasteiger partial charge in [-0.2, -0.15) is 0 Å². The van der Waals surface area contributed by atoms with Crippen molar-refractivity contribution in [3.63, 3.8) is 0 Å². The van der Waals surface area contributed by atoms with Gasteiger partial charge in [-0.05, 0) is 36.4 Å². The molecule has 0 bridgehead atoms. The normalized spacial score (nSPS) is 10.3. The number of benzene rings is 2. The topological polar surface area (TPSA) is 72.0 Å². The lowest BCUT2D eigenvalue weighted by atomic mass is 10.1. The molecule has 1 heterocycles. The number of aromatic nitrogens is 2. The molecule has 0 spiro atoms. The summed E-state index contributed by atoms with van der Waals surface area (Å²) in [6, 6.07) is 15.9. The van der Waals surface area contributed by atoms with E-state index in [1.165, 1.54) is 23.1 Å². The minimum Gasteiger partial charge on any atom is -0.322 e. The van der Waals surface area contributed by atoms with E-state index >= 15 is 0 Å². The zero-order valence-corrected chi connectivity index (χ0v) is 14.1. The van der Waals surface area contributed by atoms with Crippen LogP contribution >= 0.6 is 23.1 Å². The van der Waals surface area contributed by atoms with Crippen LogP contribution < -0.4 is 5.32 Å². The maximum absolute atomic E-state index is 12.1. The van der Waals surface area contributed by atoms with E-state index in [0.717, 1.165) is 4.34 Å². The van der Waals surface area contributed by atoms with Gasteiger partial charge in [0.2, 0.25) is 0 Å². The van der Waals surface area contributed by atoms with E-state index in [2.05, 4.69) is 15.5 Å². The fraction of sp³-hybridized carbons (Fsp3) is 0.0588. The molecule has 0 fully saturated rings. The van der Waals surface area contributed by atoms with Crippen LogP contribution in [0.3, 0.4) is 0 Å². The maximum atomic E-state index is 12.1. The average molecular weight is 355 g/mol. The van der Waals surface area contributed by atoms with E-state index in [1.807, 2.05) is 18.2 Å². The first kappa shape index (κ1) is 16.4. The lowest BCUT2D eigenvalue weighted by molar-refractivity contribution is 0.101. The Hall–Kier alpha value is -2.51. The van der Waals surface area contributed by atoms with Crippen molar-refractivity contribution < 1.29 is 9.59 Å². The summed E-state index contributed by atoms with van der Waals surface area (Å²) >= 11 is 2.78. The molecule has 3 rings (SSSR count). The maximum Gasteiger partial charge on any atom is 0.255 e. The molecule has 1 N–H and O–H groups in total. The summed E-state index contributed by atoms with van der Waals surface area (Å²) in [5.74, 6) is 0.142. The first-order valence-corrected chi connectivity index (χ1v) is 8.97. The van der Waals surface area contributed by atoms with Crippen LogP contribution in [0.4, 0.5) is 5.69 Å². The van der Waals surface area contributed by atoms with Crippen LogP contribution in [0.5, 0.6) is 0 Å². The van der Waals surface area contributed by atoms with Gasteiger partial charge in [0.15, 0.2) is 10.1 Å². The molecule has 0 aliphatic carbocycles. The van der Waals surface area contributed by atoms with Crippen molar-refractivity contribution in [3.05, 3.63) is 71.2 Å². The monoisotopic (exact) mass is 355 g/mol. The number of carbonyl (C=O) groups is 2. The number of nitrogens with zero attached hydrogens (tertiary/aromatic N) is 2. The smallest absolute Gasteiger partial charge is 0.255 e. The van der Waals surface area contributed by atoms with Crippen LogP contribution in [0.25, 0.3) is 0 Å². The zero-order chi connectivity index (χ0) is 16.8. The summed E-state index contributed by atoms with van der Waals surface area (Å²) in [7, 11) is 0. The molecule has 0 saturated heterocycles. The van der Waals surface area contributed by atoms with Crippen molar-refractivity contribution in [2.45, 2.75) is 4.34 Å². The molecule has 0 radical (unpaired) electrons. The molecule has 7 heteroatoms. The lowest BCUT2D eigenvalue weighted by Crippen LogP contribution is -2.11. The first-order valence-electron chi connectivity index (χ1n) is 7.11. The molecule has 1 aromatic heterocycles. The summed E-state index contributed by atoms with van der Waals surface area (Å²) in [6.45, 7) is 0. The van der Waals surface area contributed by atoms with Crippen LogP contribution in [0, 0.1) is 0 Å². The Morgan fingerprint density at radius 3 is 2.42 bits per heavy atom. The SMILES string of the molecule is O=C(CSc1nncs1)c1ccc(NC(=O)c2ccccc2)cc1. The molecule has 1 amide bonds. The van der Waals surface area contributed by atoms with E-state index in [4.69, 9.17) is 0 Å². The van der Waals surface area contributed by atoms with Gasteiger partial charge in [0, 0.05) is 16.8 Å². The highest BCUT2D eigenvalue weighted by Crippen LogP contribution is 2.20. The van der Waals surface area contributed by atoms with Crippen molar-refractivity contribution in [2.24, 2.45) is 0 Å². The summed E-state index contributed by atoms with van der Waals surface area (Å²) in [5, 5.41) is 10.4. The van der Waals surface area contributed by atoms with Gasteiger partial charge in [-0.15, -0.1) is 10.2 Å². The third-order valence-corrected chi connectivity index (χ3v) is 5.03. The Morgan fingerprint density at radius 2 is 1.75 bits per heavy atom. The first-order chi connectivity index (χ1) is 11.7. The van der Waals surface area contributed by atoms with E-state index in [-0.39, 0.29) is 11.7 Å². The number of nitrogens with one attached hydrogen (secondary N) is 1. The molecule has 0 unspecified atom stereocenters. The van der Waals surface area contributed by atoms with E-state index < -0.39 is 0 Å². The molecule has 120 valence electrons. The number of ketones is 1. The second-order valence-electron chi connectivity index (χ2n) is 4.81. The minimum atomic E-state index is -0.179. The predicted molar refractivity (Wildman–Crippen MR) is 95.8 cm³/mol. The van der Waals surface area contributed by atoms with Crippen molar-refractivity contribution in [1.82, 2.24) is 10.2 Å². The number of anilines is 1. The van der Waals surface area contributed by atoms with Gasteiger partial charge >= 0.3 is 0 Å². The molecule has 2 aromatic carbocycles. The predicted octanol–water partition coefficient (Wildman–Crippen LogP) is 3.77. The zero-order valence-electron chi connectivity index (χ0n) is 12.5. The number of hydrogen-bond donors (Lipinski definition) is 1. The fourth-order valence-corrected chi connectivity index (χ4v) is 3.35. The number of Topliss-reactive ketones (excluding diaryl/α,β-unsaturated/α-hetero) is 1. The van der Waals surface area contributed by atoms with Crippen LogP contribution in [0.15, 0.2) is 64.4 Å². The van der Waals surface area contributed by atoms with Gasteiger partial charge in [0.05, 0.1) is 5.75 Å². The average Bonchev–Trinajstić information content (AvgIpc) is 3.14. The fourth-order valence-electron chi connectivity index (χ4n) is 1.97. The van der Waals surface area contributed by atoms with E-state index in [0.29, 0.717) is 22.6 Å². The molecule has 24 heavy (non-hydrogen) atoms. The van der Waals surface area contributed by atoms with Gasteiger partial charge in [0.25, 0.3) is 5.91 Å². The number of carbonyl (C=O) groups excluding carboxylic acids is 2. The van der Waals surface area contributed by atoms with Crippen molar-refractivity contribution in [3.8, 4) is 0 Å². The number of rotatable bonds is 6. The third-order valence-electron chi connectivity index (χ3n) is 3.17. The second-order valence-corrected chi connectivity index (χ2v) is 6.87. The van der Waals surface area contributed by atoms with Crippen molar-refractivity contribution >= 4 is 40.5 Å². The Labute approximate surface area is 147 Å². The van der Waals surface area contributed by atoms with E-state index in [9.17, 15) is 9.59 Å². The number of amides is 1. The largest absolute Gasteiger partial charge is 0.322 e. The summed E-state index contributed by atoms with van der Waals surface area (Å²) < 4.78 is 0.773. The molecule has 0 aliphatic heterocycles. The minimum absolute atomic E-state index is 0.0103. The Morgan fingerprint density at radius 1 is 1.00 bits per heavy atom. The van der Waals surface area contributed by atoms with Crippen LogP contribution in [0.2, 0.25) is 0 Å². The van der Waals surface area contributed by atoms with Crippen molar-refractivity contribution in [1.29, 1.82) is 0 Å². The quantitative estimate of drug-likeness (QED) is 0.538. The van der Waals surface area contributed by atoms with Gasteiger partial charge in [-0.25, -0.2) is 0 Å². The highest BCUT2D eigenvalue weighted by molar-refractivity contribution is 8.01.